The first-order chi connectivity index (χ1) is 7.59. The van der Waals surface area contributed by atoms with E-state index in [1.165, 1.54) is 38.8 Å². The van der Waals surface area contributed by atoms with Gasteiger partial charge in [-0.05, 0) is 58.3 Å². The van der Waals surface area contributed by atoms with Gasteiger partial charge in [-0.3, -0.25) is 0 Å². The van der Waals surface area contributed by atoms with Gasteiger partial charge in [0.05, 0.1) is 0 Å². The van der Waals surface area contributed by atoms with Crippen molar-refractivity contribution in [1.29, 1.82) is 0 Å². The van der Waals surface area contributed by atoms with Gasteiger partial charge in [-0.2, -0.15) is 0 Å². The van der Waals surface area contributed by atoms with Crippen molar-refractivity contribution in [1.82, 2.24) is 10.2 Å². The summed E-state index contributed by atoms with van der Waals surface area (Å²) in [5.41, 5.74) is 0.621. The number of nitrogens with zero attached hydrogens (tertiary/aromatic N) is 1. The summed E-state index contributed by atoms with van der Waals surface area (Å²) in [6.07, 6.45) is 5.36. The minimum atomic E-state index is 0.621. The molecule has 1 N–H and O–H groups in total. The standard InChI is InChI=1S/C12H26N2.C2H6/c1-5-7-14(4)8-6-12(2)9-11(10-12)13-3;1-2/h11,13H,5-10H2,1-4H3;1-2H3. The molecule has 0 heterocycles. The summed E-state index contributed by atoms with van der Waals surface area (Å²) in [4.78, 5) is 2.46. The fraction of sp³-hybridized carbons (Fsp3) is 1.00. The molecular weight excluding hydrogens is 196 g/mol. The zero-order valence-corrected chi connectivity index (χ0v) is 12.3. The third kappa shape index (κ3) is 5.31. The molecule has 0 spiro atoms. The predicted octanol–water partition coefficient (Wildman–Crippen LogP) is 3.13. The van der Waals surface area contributed by atoms with E-state index in [1.54, 1.807) is 0 Å². The van der Waals surface area contributed by atoms with Crippen molar-refractivity contribution in [2.45, 2.75) is 59.4 Å². The molecule has 0 atom stereocenters. The van der Waals surface area contributed by atoms with Crippen molar-refractivity contribution in [2.75, 3.05) is 27.2 Å². The van der Waals surface area contributed by atoms with E-state index in [0.717, 1.165) is 6.04 Å². The topological polar surface area (TPSA) is 15.3 Å². The fourth-order valence-corrected chi connectivity index (χ4v) is 2.49. The van der Waals surface area contributed by atoms with Crippen molar-refractivity contribution in [3.05, 3.63) is 0 Å². The monoisotopic (exact) mass is 228 g/mol. The van der Waals surface area contributed by atoms with Crippen LogP contribution < -0.4 is 5.32 Å². The molecule has 0 aliphatic heterocycles. The van der Waals surface area contributed by atoms with E-state index >= 15 is 0 Å². The van der Waals surface area contributed by atoms with Gasteiger partial charge in [0, 0.05) is 6.04 Å². The van der Waals surface area contributed by atoms with Crippen molar-refractivity contribution in [3.63, 3.8) is 0 Å². The summed E-state index contributed by atoms with van der Waals surface area (Å²) in [5.74, 6) is 0. The molecule has 0 saturated heterocycles. The van der Waals surface area contributed by atoms with Crippen LogP contribution in [-0.4, -0.2) is 38.1 Å². The second-order valence-corrected chi connectivity index (χ2v) is 5.26. The highest BCUT2D eigenvalue weighted by molar-refractivity contribution is 4.94. The zero-order chi connectivity index (χ0) is 12.6. The molecule has 1 aliphatic carbocycles. The van der Waals surface area contributed by atoms with Crippen LogP contribution in [-0.2, 0) is 0 Å². The van der Waals surface area contributed by atoms with Gasteiger partial charge < -0.3 is 10.2 Å². The Morgan fingerprint density at radius 1 is 1.25 bits per heavy atom. The molecule has 0 aromatic rings. The quantitative estimate of drug-likeness (QED) is 0.751. The molecule has 16 heavy (non-hydrogen) atoms. The Hall–Kier alpha value is -0.0800. The van der Waals surface area contributed by atoms with Gasteiger partial charge in [0.15, 0.2) is 0 Å². The molecule has 1 aliphatic rings. The molecule has 1 saturated carbocycles. The Morgan fingerprint density at radius 2 is 1.81 bits per heavy atom. The number of nitrogens with one attached hydrogen (secondary N) is 1. The van der Waals surface area contributed by atoms with Crippen LogP contribution in [0.25, 0.3) is 0 Å². The van der Waals surface area contributed by atoms with Gasteiger partial charge in [-0.25, -0.2) is 0 Å². The Kier molecular flexibility index (Phi) is 8.04. The highest BCUT2D eigenvalue weighted by Crippen LogP contribution is 2.43. The molecule has 0 aromatic heterocycles. The number of rotatable bonds is 6. The lowest BCUT2D eigenvalue weighted by molar-refractivity contribution is 0.0845. The lowest BCUT2D eigenvalue weighted by Crippen LogP contribution is -2.47. The minimum Gasteiger partial charge on any atom is -0.317 e. The van der Waals surface area contributed by atoms with Gasteiger partial charge >= 0.3 is 0 Å². The van der Waals surface area contributed by atoms with Crippen LogP contribution in [0.5, 0.6) is 0 Å². The van der Waals surface area contributed by atoms with Crippen LogP contribution in [0, 0.1) is 5.41 Å². The van der Waals surface area contributed by atoms with Crippen molar-refractivity contribution in [2.24, 2.45) is 5.41 Å². The smallest absolute Gasteiger partial charge is 0.00744 e. The van der Waals surface area contributed by atoms with E-state index in [1.807, 2.05) is 13.8 Å². The van der Waals surface area contributed by atoms with E-state index in [-0.39, 0.29) is 0 Å². The molecule has 0 aromatic carbocycles. The third-order valence-electron chi connectivity index (χ3n) is 3.59. The molecule has 98 valence electrons. The number of hydrogen-bond donors (Lipinski definition) is 1. The summed E-state index contributed by atoms with van der Waals surface area (Å²) in [5, 5.41) is 3.36. The van der Waals surface area contributed by atoms with E-state index in [4.69, 9.17) is 0 Å². The summed E-state index contributed by atoms with van der Waals surface area (Å²) in [6.45, 7) is 11.2. The van der Waals surface area contributed by atoms with Gasteiger partial charge in [0.1, 0.15) is 0 Å². The summed E-state index contributed by atoms with van der Waals surface area (Å²) in [7, 11) is 4.31. The maximum absolute atomic E-state index is 3.36. The second kappa shape index (κ2) is 8.08. The van der Waals surface area contributed by atoms with Crippen LogP contribution in [0.15, 0.2) is 0 Å². The van der Waals surface area contributed by atoms with Crippen LogP contribution in [0.3, 0.4) is 0 Å². The molecule has 2 heteroatoms. The van der Waals surface area contributed by atoms with E-state index < -0.39 is 0 Å². The summed E-state index contributed by atoms with van der Waals surface area (Å²) >= 11 is 0. The van der Waals surface area contributed by atoms with Gasteiger partial charge in [-0.1, -0.05) is 27.7 Å². The molecule has 1 fully saturated rings. The lowest BCUT2D eigenvalue weighted by atomic mass is 9.65. The summed E-state index contributed by atoms with van der Waals surface area (Å²) < 4.78 is 0. The van der Waals surface area contributed by atoms with Crippen molar-refractivity contribution < 1.29 is 0 Å². The first kappa shape index (κ1) is 15.9. The fourth-order valence-electron chi connectivity index (χ4n) is 2.49. The van der Waals surface area contributed by atoms with Gasteiger partial charge in [0.2, 0.25) is 0 Å². The van der Waals surface area contributed by atoms with Crippen LogP contribution in [0.4, 0.5) is 0 Å². The van der Waals surface area contributed by atoms with E-state index in [2.05, 4.69) is 38.2 Å². The number of hydrogen-bond acceptors (Lipinski definition) is 2. The maximum Gasteiger partial charge on any atom is 0.00744 e. The molecule has 2 nitrogen and oxygen atoms in total. The Labute approximate surface area is 103 Å². The Morgan fingerprint density at radius 3 is 2.25 bits per heavy atom. The first-order valence-corrected chi connectivity index (χ1v) is 6.95. The van der Waals surface area contributed by atoms with E-state index in [0.29, 0.717) is 5.41 Å². The average molecular weight is 228 g/mol. The maximum atomic E-state index is 3.36. The van der Waals surface area contributed by atoms with Crippen molar-refractivity contribution in [3.8, 4) is 0 Å². The largest absolute Gasteiger partial charge is 0.317 e. The molecule has 0 bridgehead atoms. The zero-order valence-electron chi connectivity index (χ0n) is 12.3. The van der Waals surface area contributed by atoms with Crippen LogP contribution >= 0.6 is 0 Å². The highest BCUT2D eigenvalue weighted by atomic mass is 15.1. The molecular formula is C14H32N2. The summed E-state index contributed by atoms with van der Waals surface area (Å²) in [6, 6.07) is 0.788. The lowest BCUT2D eigenvalue weighted by Gasteiger charge is -2.46. The predicted molar refractivity (Wildman–Crippen MR) is 73.9 cm³/mol. The molecule has 1 rings (SSSR count). The third-order valence-corrected chi connectivity index (χ3v) is 3.59. The van der Waals surface area contributed by atoms with E-state index in [9.17, 15) is 0 Å². The molecule has 0 amide bonds. The van der Waals surface area contributed by atoms with Crippen LogP contribution in [0.1, 0.15) is 53.4 Å². The molecule has 0 unspecified atom stereocenters. The Balaban J connectivity index is 0.00000106. The minimum absolute atomic E-state index is 0.621. The Bertz CT molecular complexity index is 162. The van der Waals surface area contributed by atoms with Crippen molar-refractivity contribution >= 4 is 0 Å². The molecule has 0 radical (unpaired) electrons. The second-order valence-electron chi connectivity index (χ2n) is 5.26. The SMILES string of the molecule is CC.CCCN(C)CCC1(C)CC(NC)C1. The normalized spacial score (nSPS) is 28.3. The van der Waals surface area contributed by atoms with Crippen LogP contribution in [0.2, 0.25) is 0 Å². The van der Waals surface area contributed by atoms with Gasteiger partial charge in [0.25, 0.3) is 0 Å². The first-order valence-electron chi connectivity index (χ1n) is 6.95. The van der Waals surface area contributed by atoms with Gasteiger partial charge in [-0.15, -0.1) is 0 Å². The average Bonchev–Trinajstić information content (AvgIpc) is 2.26. The highest BCUT2D eigenvalue weighted by Gasteiger charge is 2.38.